The molecule has 1 aliphatic rings. The highest BCUT2D eigenvalue weighted by Gasteiger charge is 2.21. The summed E-state index contributed by atoms with van der Waals surface area (Å²) in [6, 6.07) is 4.45. The third-order valence-electron chi connectivity index (χ3n) is 2.31. The fourth-order valence-corrected chi connectivity index (χ4v) is 1.64. The molecule has 0 saturated carbocycles. The zero-order chi connectivity index (χ0) is 9.42. The summed E-state index contributed by atoms with van der Waals surface area (Å²) >= 11 is 0. The molecule has 1 heterocycles. The number of halogens is 1. The molecule has 0 fully saturated rings. The summed E-state index contributed by atoms with van der Waals surface area (Å²) < 4.78 is 12.9. The molecule has 0 radical (unpaired) electrons. The van der Waals surface area contributed by atoms with Gasteiger partial charge in [0.1, 0.15) is 5.82 Å². The van der Waals surface area contributed by atoms with Gasteiger partial charge in [0, 0.05) is 12.1 Å². The first-order valence-corrected chi connectivity index (χ1v) is 4.26. The Morgan fingerprint density at radius 3 is 3.08 bits per heavy atom. The van der Waals surface area contributed by atoms with Gasteiger partial charge in [-0.15, -0.1) is 0 Å². The maximum atomic E-state index is 12.9. The molecule has 0 bridgehead atoms. The van der Waals surface area contributed by atoms with Crippen LogP contribution < -0.4 is 5.32 Å². The number of hydrogen-bond donors (Lipinski definition) is 1. The predicted molar refractivity (Wildman–Crippen MR) is 48.1 cm³/mol. The van der Waals surface area contributed by atoms with Crippen molar-refractivity contribution in [3.63, 3.8) is 0 Å². The van der Waals surface area contributed by atoms with Gasteiger partial charge in [0.15, 0.2) is 0 Å². The molecular formula is C10H10FNO. The van der Waals surface area contributed by atoms with Crippen molar-refractivity contribution in [1.29, 1.82) is 0 Å². The molecule has 0 aliphatic carbocycles. The Labute approximate surface area is 75.8 Å². The van der Waals surface area contributed by atoms with Crippen LogP contribution in [-0.4, -0.2) is 5.91 Å². The molecule has 3 heteroatoms. The lowest BCUT2D eigenvalue weighted by Gasteiger charge is -2.22. The predicted octanol–water partition coefficient (Wildman–Crippen LogP) is 2.27. The normalized spacial score (nSPS) is 20.8. The minimum Gasteiger partial charge on any atom is -0.326 e. The van der Waals surface area contributed by atoms with Gasteiger partial charge in [-0.25, -0.2) is 4.39 Å². The number of nitrogens with one attached hydrogen (secondary N) is 1. The van der Waals surface area contributed by atoms with Crippen LogP contribution >= 0.6 is 0 Å². The monoisotopic (exact) mass is 179 g/mol. The molecule has 68 valence electrons. The van der Waals surface area contributed by atoms with E-state index in [2.05, 4.69) is 5.32 Å². The summed E-state index contributed by atoms with van der Waals surface area (Å²) in [7, 11) is 0. The van der Waals surface area contributed by atoms with E-state index in [1.807, 2.05) is 6.92 Å². The Morgan fingerprint density at radius 1 is 1.54 bits per heavy atom. The maximum Gasteiger partial charge on any atom is 0.224 e. The van der Waals surface area contributed by atoms with Crippen LogP contribution in [0.25, 0.3) is 0 Å². The molecule has 2 rings (SSSR count). The van der Waals surface area contributed by atoms with Gasteiger partial charge in [-0.1, -0.05) is 6.92 Å². The van der Waals surface area contributed by atoms with Gasteiger partial charge in [-0.05, 0) is 29.7 Å². The van der Waals surface area contributed by atoms with Gasteiger partial charge in [0.25, 0.3) is 0 Å². The Bertz CT molecular complexity index is 362. The van der Waals surface area contributed by atoms with Crippen molar-refractivity contribution in [2.24, 2.45) is 0 Å². The Balaban J connectivity index is 2.49. The lowest BCUT2D eigenvalue weighted by atomic mass is 9.92. The zero-order valence-corrected chi connectivity index (χ0v) is 7.30. The van der Waals surface area contributed by atoms with E-state index in [0.717, 1.165) is 11.3 Å². The second kappa shape index (κ2) is 2.83. The SMILES string of the molecule is CC1CC(=O)Nc2ccc(F)cc21. The van der Waals surface area contributed by atoms with Crippen molar-refractivity contribution >= 4 is 11.6 Å². The molecule has 1 aromatic carbocycles. The molecule has 0 spiro atoms. The largest absolute Gasteiger partial charge is 0.326 e. The van der Waals surface area contributed by atoms with Gasteiger partial charge in [0.05, 0.1) is 0 Å². The Hall–Kier alpha value is -1.38. The number of fused-ring (bicyclic) bond motifs is 1. The Kier molecular flexibility index (Phi) is 1.79. The smallest absolute Gasteiger partial charge is 0.224 e. The molecule has 13 heavy (non-hydrogen) atoms. The molecule has 1 aromatic rings. The van der Waals surface area contributed by atoms with E-state index in [-0.39, 0.29) is 17.6 Å². The van der Waals surface area contributed by atoms with E-state index in [0.29, 0.717) is 6.42 Å². The minimum atomic E-state index is -0.248. The van der Waals surface area contributed by atoms with Crippen LogP contribution in [0.4, 0.5) is 10.1 Å². The average Bonchev–Trinajstić information content (AvgIpc) is 2.06. The van der Waals surface area contributed by atoms with Crippen molar-refractivity contribution in [2.75, 3.05) is 5.32 Å². The molecular weight excluding hydrogens is 169 g/mol. The summed E-state index contributed by atoms with van der Waals surface area (Å²) in [6.07, 6.45) is 0.441. The number of rotatable bonds is 0. The average molecular weight is 179 g/mol. The van der Waals surface area contributed by atoms with Crippen LogP contribution in [0, 0.1) is 5.82 Å². The number of anilines is 1. The molecule has 1 atom stereocenters. The van der Waals surface area contributed by atoms with Gasteiger partial charge in [-0.3, -0.25) is 4.79 Å². The van der Waals surface area contributed by atoms with E-state index >= 15 is 0 Å². The Morgan fingerprint density at radius 2 is 2.31 bits per heavy atom. The molecule has 1 aliphatic heterocycles. The van der Waals surface area contributed by atoms with Crippen molar-refractivity contribution in [2.45, 2.75) is 19.3 Å². The van der Waals surface area contributed by atoms with Crippen molar-refractivity contribution in [3.05, 3.63) is 29.6 Å². The summed E-state index contributed by atoms with van der Waals surface area (Å²) in [4.78, 5) is 11.1. The van der Waals surface area contributed by atoms with Crippen LogP contribution in [0.1, 0.15) is 24.8 Å². The number of carbonyl (C=O) groups excluding carboxylic acids is 1. The third-order valence-corrected chi connectivity index (χ3v) is 2.31. The van der Waals surface area contributed by atoms with E-state index in [1.165, 1.54) is 12.1 Å². The molecule has 1 N–H and O–H groups in total. The van der Waals surface area contributed by atoms with E-state index in [9.17, 15) is 9.18 Å². The van der Waals surface area contributed by atoms with Gasteiger partial charge < -0.3 is 5.32 Å². The van der Waals surface area contributed by atoms with Crippen molar-refractivity contribution in [1.82, 2.24) is 0 Å². The molecule has 1 unspecified atom stereocenters. The van der Waals surface area contributed by atoms with Crippen LogP contribution in [0.15, 0.2) is 18.2 Å². The third kappa shape index (κ3) is 1.41. The van der Waals surface area contributed by atoms with Crippen LogP contribution in [0.2, 0.25) is 0 Å². The molecule has 0 aromatic heterocycles. The van der Waals surface area contributed by atoms with Gasteiger partial charge in [-0.2, -0.15) is 0 Å². The lowest BCUT2D eigenvalue weighted by molar-refractivity contribution is -0.116. The van der Waals surface area contributed by atoms with E-state index < -0.39 is 0 Å². The van der Waals surface area contributed by atoms with Crippen LogP contribution in [0.3, 0.4) is 0 Å². The quantitative estimate of drug-likeness (QED) is 0.650. The molecule has 2 nitrogen and oxygen atoms in total. The zero-order valence-electron chi connectivity index (χ0n) is 7.30. The highest BCUT2D eigenvalue weighted by molar-refractivity contribution is 5.94. The first-order valence-electron chi connectivity index (χ1n) is 4.26. The topological polar surface area (TPSA) is 29.1 Å². The first kappa shape index (κ1) is 8.23. The van der Waals surface area contributed by atoms with E-state index in [1.54, 1.807) is 6.07 Å². The fourth-order valence-electron chi connectivity index (χ4n) is 1.64. The number of carbonyl (C=O) groups is 1. The highest BCUT2D eigenvalue weighted by Crippen LogP contribution is 2.31. The van der Waals surface area contributed by atoms with E-state index in [4.69, 9.17) is 0 Å². The minimum absolute atomic E-state index is 0.00612. The van der Waals surface area contributed by atoms with Crippen LogP contribution in [-0.2, 0) is 4.79 Å². The maximum absolute atomic E-state index is 12.9. The summed E-state index contributed by atoms with van der Waals surface area (Å²) in [6.45, 7) is 1.93. The number of amides is 1. The van der Waals surface area contributed by atoms with Crippen LogP contribution in [0.5, 0.6) is 0 Å². The fraction of sp³-hybridized carbons (Fsp3) is 0.300. The summed E-state index contributed by atoms with van der Waals surface area (Å²) in [5.74, 6) is -0.132. The standard InChI is InChI=1S/C10H10FNO/c1-6-4-10(13)12-9-3-2-7(11)5-8(6)9/h2-3,5-6H,4H2,1H3,(H,12,13). The number of hydrogen-bond acceptors (Lipinski definition) is 1. The first-order chi connectivity index (χ1) is 6.16. The molecule has 0 saturated heterocycles. The summed E-state index contributed by atoms with van der Waals surface area (Å²) in [5.41, 5.74) is 1.63. The van der Waals surface area contributed by atoms with Gasteiger partial charge >= 0.3 is 0 Å². The van der Waals surface area contributed by atoms with Crippen molar-refractivity contribution in [3.8, 4) is 0 Å². The summed E-state index contributed by atoms with van der Waals surface area (Å²) in [5, 5.41) is 2.71. The van der Waals surface area contributed by atoms with Crippen molar-refractivity contribution < 1.29 is 9.18 Å². The second-order valence-corrected chi connectivity index (χ2v) is 3.38. The lowest BCUT2D eigenvalue weighted by Crippen LogP contribution is -2.21. The molecule has 1 amide bonds. The number of benzene rings is 1. The highest BCUT2D eigenvalue weighted by atomic mass is 19.1. The van der Waals surface area contributed by atoms with Gasteiger partial charge in [0.2, 0.25) is 5.91 Å². The second-order valence-electron chi connectivity index (χ2n) is 3.38.